The zero-order valence-corrected chi connectivity index (χ0v) is 9.20. The Morgan fingerprint density at radius 3 is 3.00 bits per heavy atom. The van der Waals surface area contributed by atoms with Crippen molar-refractivity contribution < 1.29 is 0 Å². The van der Waals surface area contributed by atoms with Gasteiger partial charge in [0.05, 0.1) is 0 Å². The van der Waals surface area contributed by atoms with Gasteiger partial charge in [0.15, 0.2) is 0 Å². The Morgan fingerprint density at radius 1 is 1.47 bits per heavy atom. The van der Waals surface area contributed by atoms with E-state index in [2.05, 4.69) is 10.3 Å². The number of hydrogen-bond donors (Lipinski definition) is 1. The van der Waals surface area contributed by atoms with Gasteiger partial charge in [0, 0.05) is 31.0 Å². The summed E-state index contributed by atoms with van der Waals surface area (Å²) >= 11 is 5.89. The molecule has 0 aliphatic rings. The van der Waals surface area contributed by atoms with Crippen molar-refractivity contribution in [2.45, 2.75) is 6.54 Å². The molecule has 2 rings (SSSR count). The zero-order chi connectivity index (χ0) is 10.7. The molecule has 3 nitrogen and oxygen atoms in total. The molecule has 15 heavy (non-hydrogen) atoms. The minimum Gasteiger partial charge on any atom is -0.352 e. The smallest absolute Gasteiger partial charge is 0.202 e. The third-order valence-corrected chi connectivity index (χ3v) is 2.40. The van der Waals surface area contributed by atoms with Gasteiger partial charge in [-0.2, -0.15) is 0 Å². The van der Waals surface area contributed by atoms with Crippen LogP contribution in [-0.2, 0) is 13.6 Å². The van der Waals surface area contributed by atoms with Gasteiger partial charge < -0.3 is 9.88 Å². The number of rotatable bonds is 3. The van der Waals surface area contributed by atoms with E-state index in [-0.39, 0.29) is 0 Å². The van der Waals surface area contributed by atoms with Crippen molar-refractivity contribution in [1.82, 2.24) is 9.55 Å². The second kappa shape index (κ2) is 4.36. The molecule has 0 spiro atoms. The molecule has 0 radical (unpaired) electrons. The molecule has 0 bridgehead atoms. The Bertz CT molecular complexity index is 451. The summed E-state index contributed by atoms with van der Waals surface area (Å²) in [4.78, 5) is 4.17. The van der Waals surface area contributed by atoms with Crippen LogP contribution in [0.4, 0.5) is 5.95 Å². The maximum absolute atomic E-state index is 5.89. The zero-order valence-electron chi connectivity index (χ0n) is 8.44. The highest BCUT2D eigenvalue weighted by atomic mass is 35.5. The highest BCUT2D eigenvalue weighted by Crippen LogP contribution is 2.12. The number of halogens is 1. The maximum Gasteiger partial charge on any atom is 0.202 e. The van der Waals surface area contributed by atoms with E-state index < -0.39 is 0 Å². The predicted molar refractivity (Wildman–Crippen MR) is 62.0 cm³/mol. The summed E-state index contributed by atoms with van der Waals surface area (Å²) in [5.41, 5.74) is 1.14. The molecule has 0 atom stereocenters. The highest BCUT2D eigenvalue weighted by Gasteiger charge is 1.98. The van der Waals surface area contributed by atoms with Crippen molar-refractivity contribution in [2.24, 2.45) is 7.05 Å². The SMILES string of the molecule is Cn1ccnc1NCc1cccc(Cl)c1. The molecule has 1 heterocycles. The lowest BCUT2D eigenvalue weighted by Crippen LogP contribution is -2.04. The molecule has 2 aromatic rings. The molecule has 0 saturated heterocycles. The quantitative estimate of drug-likeness (QED) is 0.864. The lowest BCUT2D eigenvalue weighted by molar-refractivity contribution is 0.900. The van der Waals surface area contributed by atoms with E-state index in [1.807, 2.05) is 42.1 Å². The van der Waals surface area contributed by atoms with Gasteiger partial charge in [0.2, 0.25) is 5.95 Å². The summed E-state index contributed by atoms with van der Waals surface area (Å²) in [6, 6.07) is 7.78. The van der Waals surface area contributed by atoms with Crippen molar-refractivity contribution in [1.29, 1.82) is 0 Å². The van der Waals surface area contributed by atoms with Crippen LogP contribution in [0.1, 0.15) is 5.56 Å². The van der Waals surface area contributed by atoms with Crippen LogP contribution in [0.15, 0.2) is 36.7 Å². The van der Waals surface area contributed by atoms with E-state index in [4.69, 9.17) is 11.6 Å². The Balaban J connectivity index is 2.02. The molecule has 0 fully saturated rings. The number of aryl methyl sites for hydroxylation is 1. The fourth-order valence-electron chi connectivity index (χ4n) is 1.36. The summed E-state index contributed by atoms with van der Waals surface area (Å²) in [7, 11) is 1.95. The molecule has 0 aliphatic carbocycles. The summed E-state index contributed by atoms with van der Waals surface area (Å²) in [6.07, 6.45) is 3.67. The lowest BCUT2D eigenvalue weighted by atomic mass is 10.2. The van der Waals surface area contributed by atoms with Gasteiger partial charge in [-0.3, -0.25) is 0 Å². The number of hydrogen-bond acceptors (Lipinski definition) is 2. The molecule has 0 aliphatic heterocycles. The van der Waals surface area contributed by atoms with Crippen molar-refractivity contribution in [3.8, 4) is 0 Å². The maximum atomic E-state index is 5.89. The largest absolute Gasteiger partial charge is 0.352 e. The van der Waals surface area contributed by atoms with Crippen LogP contribution in [0.5, 0.6) is 0 Å². The number of nitrogens with one attached hydrogen (secondary N) is 1. The van der Waals surface area contributed by atoms with Crippen molar-refractivity contribution >= 4 is 17.5 Å². The second-order valence-corrected chi connectivity index (χ2v) is 3.78. The Morgan fingerprint density at radius 2 is 2.33 bits per heavy atom. The van der Waals surface area contributed by atoms with Crippen LogP contribution in [0.2, 0.25) is 5.02 Å². The number of aromatic nitrogens is 2. The first-order valence-electron chi connectivity index (χ1n) is 4.71. The molecule has 0 unspecified atom stereocenters. The summed E-state index contributed by atoms with van der Waals surface area (Å²) in [5, 5.41) is 3.99. The van der Waals surface area contributed by atoms with Crippen molar-refractivity contribution in [3.05, 3.63) is 47.2 Å². The normalized spacial score (nSPS) is 10.3. The average Bonchev–Trinajstić information content (AvgIpc) is 2.61. The van der Waals surface area contributed by atoms with Gasteiger partial charge in [-0.05, 0) is 17.7 Å². The van der Waals surface area contributed by atoms with E-state index in [9.17, 15) is 0 Å². The summed E-state index contributed by atoms with van der Waals surface area (Å²) in [6.45, 7) is 0.728. The van der Waals surface area contributed by atoms with Crippen LogP contribution < -0.4 is 5.32 Å². The minimum atomic E-state index is 0.728. The fourth-order valence-corrected chi connectivity index (χ4v) is 1.58. The number of benzene rings is 1. The van der Waals surface area contributed by atoms with Gasteiger partial charge in [0.1, 0.15) is 0 Å². The van der Waals surface area contributed by atoms with Crippen LogP contribution in [0, 0.1) is 0 Å². The third kappa shape index (κ3) is 2.50. The van der Waals surface area contributed by atoms with E-state index in [1.54, 1.807) is 6.20 Å². The Hall–Kier alpha value is -1.48. The molecule has 0 saturated carbocycles. The van der Waals surface area contributed by atoms with Crippen LogP contribution >= 0.6 is 11.6 Å². The first kappa shape index (κ1) is 10.1. The topological polar surface area (TPSA) is 29.9 Å². The molecule has 1 N–H and O–H groups in total. The van der Waals surface area contributed by atoms with Gasteiger partial charge in [0.25, 0.3) is 0 Å². The van der Waals surface area contributed by atoms with E-state index >= 15 is 0 Å². The second-order valence-electron chi connectivity index (χ2n) is 3.35. The molecular formula is C11H12ClN3. The lowest BCUT2D eigenvalue weighted by Gasteiger charge is -2.05. The van der Waals surface area contributed by atoms with Gasteiger partial charge >= 0.3 is 0 Å². The predicted octanol–water partition coefficient (Wildman–Crippen LogP) is 2.69. The first-order chi connectivity index (χ1) is 7.25. The Labute approximate surface area is 93.7 Å². The monoisotopic (exact) mass is 221 g/mol. The minimum absolute atomic E-state index is 0.728. The average molecular weight is 222 g/mol. The van der Waals surface area contributed by atoms with Gasteiger partial charge in [-0.25, -0.2) is 4.98 Å². The van der Waals surface area contributed by atoms with E-state index in [0.717, 1.165) is 23.1 Å². The van der Waals surface area contributed by atoms with Crippen LogP contribution in [0.25, 0.3) is 0 Å². The molecule has 78 valence electrons. The van der Waals surface area contributed by atoms with Crippen LogP contribution in [0.3, 0.4) is 0 Å². The fraction of sp³-hybridized carbons (Fsp3) is 0.182. The number of anilines is 1. The van der Waals surface area contributed by atoms with Gasteiger partial charge in [-0.15, -0.1) is 0 Å². The third-order valence-electron chi connectivity index (χ3n) is 2.16. The van der Waals surface area contributed by atoms with Crippen LogP contribution in [-0.4, -0.2) is 9.55 Å². The molecule has 1 aromatic heterocycles. The van der Waals surface area contributed by atoms with E-state index in [0.29, 0.717) is 0 Å². The summed E-state index contributed by atoms with van der Waals surface area (Å²) in [5.74, 6) is 0.856. The number of imidazole rings is 1. The number of nitrogens with zero attached hydrogens (tertiary/aromatic N) is 2. The molecule has 1 aromatic carbocycles. The molecule has 0 amide bonds. The van der Waals surface area contributed by atoms with Crippen molar-refractivity contribution in [2.75, 3.05) is 5.32 Å². The van der Waals surface area contributed by atoms with Crippen molar-refractivity contribution in [3.63, 3.8) is 0 Å². The molecular weight excluding hydrogens is 210 g/mol. The van der Waals surface area contributed by atoms with E-state index in [1.165, 1.54) is 0 Å². The first-order valence-corrected chi connectivity index (χ1v) is 5.09. The standard InChI is InChI=1S/C11H12ClN3/c1-15-6-5-13-11(15)14-8-9-3-2-4-10(12)7-9/h2-7H,8H2,1H3,(H,13,14). The highest BCUT2D eigenvalue weighted by molar-refractivity contribution is 6.30. The Kier molecular flexibility index (Phi) is 2.92. The van der Waals surface area contributed by atoms with Gasteiger partial charge in [-0.1, -0.05) is 23.7 Å². The summed E-state index contributed by atoms with van der Waals surface area (Å²) < 4.78 is 1.94. The molecule has 4 heteroatoms.